The van der Waals surface area contributed by atoms with Gasteiger partial charge in [0.1, 0.15) is 11.8 Å². The average molecular weight is 437 g/mol. The molecule has 1 fully saturated rings. The Morgan fingerprint density at radius 2 is 1.90 bits per heavy atom. The molecule has 0 bridgehead atoms. The van der Waals surface area contributed by atoms with E-state index < -0.39 is 0 Å². The van der Waals surface area contributed by atoms with Crippen LogP contribution in [0.3, 0.4) is 0 Å². The standard InChI is InChI=1S/C25H25ClN2O3/c1-15(2)24(29)16-4-10-22-18(11-16)14-28(25(22)30)19-5-8-20(9-6-19)31-21-7-3-17(13-27)23(26)12-21/h3-4,7,10-12,15,19-20H,5-6,8-9,14H2,1-2H3/t19-,20-. The van der Waals surface area contributed by atoms with Gasteiger partial charge in [0.2, 0.25) is 0 Å². The second kappa shape index (κ2) is 8.72. The molecule has 160 valence electrons. The molecule has 2 aromatic carbocycles. The Morgan fingerprint density at radius 1 is 1.16 bits per heavy atom. The number of ether oxygens (including phenoxy) is 1. The number of nitrogens with zero attached hydrogens (tertiary/aromatic N) is 2. The number of carbonyl (C=O) groups excluding carboxylic acids is 2. The van der Waals surface area contributed by atoms with E-state index in [4.69, 9.17) is 21.6 Å². The lowest BCUT2D eigenvalue weighted by atomic mass is 9.92. The van der Waals surface area contributed by atoms with Gasteiger partial charge in [0, 0.05) is 35.7 Å². The number of Topliss-reactive ketones (excluding diaryl/α,β-unsaturated/α-hetero) is 1. The highest BCUT2D eigenvalue weighted by molar-refractivity contribution is 6.31. The number of amides is 1. The van der Waals surface area contributed by atoms with Crippen LogP contribution in [0.25, 0.3) is 0 Å². The van der Waals surface area contributed by atoms with E-state index in [9.17, 15) is 9.59 Å². The Bertz CT molecular complexity index is 1060. The first kappa shape index (κ1) is 21.4. The number of fused-ring (bicyclic) bond motifs is 1. The Balaban J connectivity index is 1.37. The van der Waals surface area contributed by atoms with E-state index in [2.05, 4.69) is 0 Å². The number of carbonyl (C=O) groups is 2. The summed E-state index contributed by atoms with van der Waals surface area (Å²) in [5, 5.41) is 9.39. The van der Waals surface area contributed by atoms with Crippen molar-refractivity contribution in [2.24, 2.45) is 5.92 Å². The molecule has 31 heavy (non-hydrogen) atoms. The summed E-state index contributed by atoms with van der Waals surface area (Å²) in [6, 6.07) is 12.8. The Labute approximate surface area is 187 Å². The second-order valence-electron chi connectivity index (χ2n) is 8.63. The summed E-state index contributed by atoms with van der Waals surface area (Å²) in [4.78, 5) is 27.2. The van der Waals surface area contributed by atoms with Crippen molar-refractivity contribution in [3.63, 3.8) is 0 Å². The smallest absolute Gasteiger partial charge is 0.254 e. The van der Waals surface area contributed by atoms with Crippen molar-refractivity contribution in [2.45, 2.75) is 58.2 Å². The summed E-state index contributed by atoms with van der Waals surface area (Å²) in [5.41, 5.74) is 2.78. The molecule has 0 radical (unpaired) electrons. The van der Waals surface area contributed by atoms with Crippen LogP contribution in [0, 0.1) is 17.2 Å². The number of hydrogen-bond acceptors (Lipinski definition) is 4. The van der Waals surface area contributed by atoms with Crippen molar-refractivity contribution in [1.29, 1.82) is 5.26 Å². The topological polar surface area (TPSA) is 70.4 Å². The fourth-order valence-corrected chi connectivity index (χ4v) is 4.66. The van der Waals surface area contributed by atoms with Crippen LogP contribution in [0.4, 0.5) is 0 Å². The van der Waals surface area contributed by atoms with Gasteiger partial charge < -0.3 is 9.64 Å². The van der Waals surface area contributed by atoms with Gasteiger partial charge in [-0.15, -0.1) is 0 Å². The SMILES string of the molecule is CC(C)C(=O)c1ccc2c(c1)CN([C@H]1CC[C@H](Oc3ccc(C#N)c(Cl)c3)CC1)C2=O. The third kappa shape index (κ3) is 4.31. The number of benzene rings is 2. The summed E-state index contributed by atoms with van der Waals surface area (Å²) in [6.45, 7) is 4.34. The molecule has 0 N–H and O–H groups in total. The van der Waals surface area contributed by atoms with E-state index in [1.807, 2.05) is 30.9 Å². The Kier molecular flexibility index (Phi) is 6.02. The molecule has 1 aliphatic carbocycles. The van der Waals surface area contributed by atoms with Gasteiger partial charge in [-0.1, -0.05) is 31.5 Å². The van der Waals surface area contributed by atoms with Crippen LogP contribution in [0.15, 0.2) is 36.4 Å². The lowest BCUT2D eigenvalue weighted by Crippen LogP contribution is -2.40. The van der Waals surface area contributed by atoms with Gasteiger partial charge in [0.15, 0.2) is 5.78 Å². The van der Waals surface area contributed by atoms with Crippen molar-refractivity contribution in [1.82, 2.24) is 4.90 Å². The van der Waals surface area contributed by atoms with Gasteiger partial charge >= 0.3 is 0 Å². The largest absolute Gasteiger partial charge is 0.490 e. The first-order chi connectivity index (χ1) is 14.9. The minimum atomic E-state index is -0.0625. The van der Waals surface area contributed by atoms with E-state index in [1.165, 1.54) is 0 Å². The first-order valence-electron chi connectivity index (χ1n) is 10.7. The molecule has 0 aromatic heterocycles. The van der Waals surface area contributed by atoms with Crippen molar-refractivity contribution >= 4 is 23.3 Å². The van der Waals surface area contributed by atoms with Crippen LogP contribution in [0.1, 0.15) is 71.4 Å². The minimum Gasteiger partial charge on any atom is -0.490 e. The number of nitriles is 1. The van der Waals surface area contributed by atoms with E-state index >= 15 is 0 Å². The van der Waals surface area contributed by atoms with Crippen LogP contribution in [0.5, 0.6) is 5.75 Å². The summed E-state index contributed by atoms with van der Waals surface area (Å²) >= 11 is 6.10. The van der Waals surface area contributed by atoms with Crippen molar-refractivity contribution in [3.05, 3.63) is 63.7 Å². The normalized spacial score (nSPS) is 20.5. The van der Waals surface area contributed by atoms with Crippen molar-refractivity contribution in [2.75, 3.05) is 0 Å². The summed E-state index contributed by atoms with van der Waals surface area (Å²) in [7, 11) is 0. The van der Waals surface area contributed by atoms with Crippen LogP contribution >= 0.6 is 11.6 Å². The molecule has 4 rings (SSSR count). The maximum absolute atomic E-state index is 13.0. The zero-order chi connectivity index (χ0) is 22.1. The van der Waals surface area contributed by atoms with Crippen LogP contribution < -0.4 is 4.74 Å². The number of ketones is 1. The lowest BCUT2D eigenvalue weighted by molar-refractivity contribution is 0.0561. The van der Waals surface area contributed by atoms with Crippen LogP contribution in [0.2, 0.25) is 5.02 Å². The van der Waals surface area contributed by atoms with Crippen molar-refractivity contribution < 1.29 is 14.3 Å². The van der Waals surface area contributed by atoms with Gasteiger partial charge in [-0.2, -0.15) is 5.26 Å². The Hall–Kier alpha value is -2.84. The average Bonchev–Trinajstić information content (AvgIpc) is 3.09. The maximum Gasteiger partial charge on any atom is 0.254 e. The van der Waals surface area contributed by atoms with Crippen LogP contribution in [-0.4, -0.2) is 28.7 Å². The van der Waals surface area contributed by atoms with Crippen LogP contribution in [-0.2, 0) is 6.54 Å². The zero-order valence-corrected chi connectivity index (χ0v) is 18.5. The number of hydrogen-bond donors (Lipinski definition) is 0. The first-order valence-corrected chi connectivity index (χ1v) is 11.1. The molecule has 0 spiro atoms. The zero-order valence-electron chi connectivity index (χ0n) is 17.7. The van der Waals surface area contributed by atoms with Gasteiger partial charge in [0.05, 0.1) is 16.7 Å². The maximum atomic E-state index is 13.0. The molecule has 1 aliphatic heterocycles. The Morgan fingerprint density at radius 3 is 2.55 bits per heavy atom. The van der Waals surface area contributed by atoms with E-state index in [-0.39, 0.29) is 29.8 Å². The highest BCUT2D eigenvalue weighted by atomic mass is 35.5. The van der Waals surface area contributed by atoms with E-state index in [0.29, 0.717) is 34.0 Å². The molecule has 6 heteroatoms. The molecule has 5 nitrogen and oxygen atoms in total. The van der Waals surface area contributed by atoms with Gasteiger partial charge in [0.25, 0.3) is 5.91 Å². The third-order valence-electron chi connectivity index (χ3n) is 6.19. The highest BCUT2D eigenvalue weighted by Gasteiger charge is 2.35. The molecule has 1 heterocycles. The molecular weight excluding hydrogens is 412 g/mol. The van der Waals surface area contributed by atoms with E-state index in [0.717, 1.165) is 31.2 Å². The quantitative estimate of drug-likeness (QED) is 0.588. The monoisotopic (exact) mass is 436 g/mol. The molecule has 2 aliphatic rings. The summed E-state index contributed by atoms with van der Waals surface area (Å²) in [5.74, 6) is 0.767. The molecule has 0 atom stereocenters. The fraction of sp³-hybridized carbons (Fsp3) is 0.400. The summed E-state index contributed by atoms with van der Waals surface area (Å²) < 4.78 is 6.06. The second-order valence-corrected chi connectivity index (χ2v) is 9.03. The molecule has 0 unspecified atom stereocenters. The van der Waals surface area contributed by atoms with Gasteiger partial charge in [-0.25, -0.2) is 0 Å². The van der Waals surface area contributed by atoms with E-state index in [1.54, 1.807) is 30.3 Å². The molecule has 2 aromatic rings. The lowest BCUT2D eigenvalue weighted by Gasteiger charge is -2.34. The molecule has 0 saturated heterocycles. The minimum absolute atomic E-state index is 0.0572. The predicted octanol–water partition coefficient (Wildman–Crippen LogP) is 5.40. The third-order valence-corrected chi connectivity index (χ3v) is 6.51. The fourth-order valence-electron chi connectivity index (χ4n) is 4.45. The highest BCUT2D eigenvalue weighted by Crippen LogP contribution is 2.33. The number of rotatable bonds is 5. The number of halogens is 1. The molecular formula is C25H25ClN2O3. The predicted molar refractivity (Wildman–Crippen MR) is 118 cm³/mol. The summed E-state index contributed by atoms with van der Waals surface area (Å²) in [6.07, 6.45) is 3.49. The van der Waals surface area contributed by atoms with Crippen molar-refractivity contribution in [3.8, 4) is 11.8 Å². The molecule has 1 saturated carbocycles. The van der Waals surface area contributed by atoms with Gasteiger partial charge in [-0.3, -0.25) is 9.59 Å². The van der Waals surface area contributed by atoms with Gasteiger partial charge in [-0.05, 0) is 55.5 Å². The molecule has 1 amide bonds.